The number of hydrogen-bond acceptors (Lipinski definition) is 3. The van der Waals surface area contributed by atoms with Gasteiger partial charge in [-0.05, 0) is 68.5 Å². The van der Waals surface area contributed by atoms with Gasteiger partial charge < -0.3 is 14.2 Å². The minimum atomic E-state index is -0.0716. The van der Waals surface area contributed by atoms with Gasteiger partial charge in [-0.1, -0.05) is 25.1 Å². The molecule has 2 aromatic carbocycles. The highest BCUT2D eigenvalue weighted by molar-refractivity contribution is 5.96. The third kappa shape index (κ3) is 4.20. The van der Waals surface area contributed by atoms with Gasteiger partial charge >= 0.3 is 0 Å². The Morgan fingerprint density at radius 3 is 2.59 bits per heavy atom. The molecule has 0 bridgehead atoms. The molecular formula is C24H31N3O2. The lowest BCUT2D eigenvalue weighted by Gasteiger charge is -2.32. The van der Waals surface area contributed by atoms with Gasteiger partial charge in [0, 0.05) is 7.11 Å². The van der Waals surface area contributed by atoms with Crippen LogP contribution in [-0.2, 0) is 22.5 Å². The topological polar surface area (TPSA) is 47.4 Å². The number of aryl methyl sites for hydroxylation is 4. The Labute approximate surface area is 173 Å². The lowest BCUT2D eigenvalue weighted by molar-refractivity contribution is -0.119. The summed E-state index contributed by atoms with van der Waals surface area (Å²) >= 11 is 0. The maximum atomic E-state index is 13.6. The Morgan fingerprint density at radius 1 is 1.17 bits per heavy atom. The number of methoxy groups -OCH3 is 1. The van der Waals surface area contributed by atoms with E-state index in [0.29, 0.717) is 6.61 Å². The zero-order valence-corrected chi connectivity index (χ0v) is 18.3. The summed E-state index contributed by atoms with van der Waals surface area (Å²) in [5.74, 6) is 0.0380. The number of hydrogen-bond donors (Lipinski definition) is 0. The van der Waals surface area contributed by atoms with Crippen molar-refractivity contribution >= 4 is 22.6 Å². The van der Waals surface area contributed by atoms with E-state index in [-0.39, 0.29) is 18.5 Å². The fraction of sp³-hybridized carbons (Fsp3) is 0.417. The standard InChI is InChI=1S/C24H31N3O2/c1-7-20-10-8-9-16(2)24(20)27(19(5)14-29-6)23(28)13-26-15-25-21-11-17(3)18(4)12-22(21)26/h8-12,15,19H,7,13-14H2,1-6H3/t19-/m1/s1. The molecule has 0 unspecified atom stereocenters. The first kappa shape index (κ1) is 21.1. The number of imidazole rings is 1. The van der Waals surface area contributed by atoms with E-state index in [0.717, 1.165) is 28.7 Å². The third-order valence-corrected chi connectivity index (χ3v) is 5.60. The first-order chi connectivity index (χ1) is 13.9. The van der Waals surface area contributed by atoms with Gasteiger partial charge in [-0.25, -0.2) is 4.98 Å². The predicted octanol–water partition coefficient (Wildman–Crippen LogP) is 4.59. The number of para-hydroxylation sites is 1. The van der Waals surface area contributed by atoms with Crippen molar-refractivity contribution < 1.29 is 9.53 Å². The molecule has 0 fully saturated rings. The van der Waals surface area contributed by atoms with Gasteiger partial charge in [-0.2, -0.15) is 0 Å². The second-order valence-corrected chi connectivity index (χ2v) is 7.80. The number of benzene rings is 2. The zero-order valence-electron chi connectivity index (χ0n) is 18.3. The molecule has 1 heterocycles. The highest BCUT2D eigenvalue weighted by Crippen LogP contribution is 2.29. The molecule has 3 rings (SSSR count). The highest BCUT2D eigenvalue weighted by atomic mass is 16.5. The quantitative estimate of drug-likeness (QED) is 0.590. The van der Waals surface area contributed by atoms with E-state index in [1.54, 1.807) is 13.4 Å². The van der Waals surface area contributed by atoms with Crippen LogP contribution in [0, 0.1) is 20.8 Å². The molecule has 0 aliphatic heterocycles. The Morgan fingerprint density at radius 2 is 1.90 bits per heavy atom. The molecule has 0 N–H and O–H groups in total. The lowest BCUT2D eigenvalue weighted by atomic mass is 10.0. The number of nitrogens with zero attached hydrogens (tertiary/aromatic N) is 3. The molecule has 5 nitrogen and oxygen atoms in total. The highest BCUT2D eigenvalue weighted by Gasteiger charge is 2.26. The average molecular weight is 394 g/mol. The Balaban J connectivity index is 2.02. The summed E-state index contributed by atoms with van der Waals surface area (Å²) in [5, 5.41) is 0. The second-order valence-electron chi connectivity index (χ2n) is 7.80. The van der Waals surface area contributed by atoms with Crippen LogP contribution in [0.15, 0.2) is 36.7 Å². The number of aromatic nitrogens is 2. The van der Waals surface area contributed by atoms with Gasteiger partial charge in [-0.3, -0.25) is 4.79 Å². The predicted molar refractivity (Wildman–Crippen MR) is 119 cm³/mol. The lowest BCUT2D eigenvalue weighted by Crippen LogP contribution is -2.44. The van der Waals surface area contributed by atoms with Gasteiger partial charge in [-0.15, -0.1) is 0 Å². The molecule has 0 saturated carbocycles. The molecular weight excluding hydrogens is 362 g/mol. The van der Waals surface area contributed by atoms with E-state index in [1.807, 2.05) is 16.4 Å². The molecule has 1 aromatic heterocycles. The molecule has 0 spiro atoms. The largest absolute Gasteiger partial charge is 0.383 e. The van der Waals surface area contributed by atoms with Crippen LogP contribution in [0.1, 0.15) is 36.1 Å². The Kier molecular flexibility index (Phi) is 6.38. The van der Waals surface area contributed by atoms with Crippen molar-refractivity contribution in [3.05, 3.63) is 58.9 Å². The first-order valence-electron chi connectivity index (χ1n) is 10.2. The summed E-state index contributed by atoms with van der Waals surface area (Å²) in [7, 11) is 1.67. The van der Waals surface area contributed by atoms with Gasteiger partial charge in [0.15, 0.2) is 0 Å². The van der Waals surface area contributed by atoms with Crippen LogP contribution in [0.2, 0.25) is 0 Å². The number of fused-ring (bicyclic) bond motifs is 1. The minimum absolute atomic E-state index is 0.0380. The van der Waals surface area contributed by atoms with E-state index in [1.165, 1.54) is 16.7 Å². The van der Waals surface area contributed by atoms with Crippen molar-refractivity contribution in [1.29, 1.82) is 0 Å². The number of ether oxygens (including phenoxy) is 1. The number of amides is 1. The number of anilines is 1. The molecule has 1 atom stereocenters. The Hall–Kier alpha value is -2.66. The molecule has 0 radical (unpaired) electrons. The smallest absolute Gasteiger partial charge is 0.247 e. The molecule has 0 aliphatic carbocycles. The maximum absolute atomic E-state index is 13.6. The SMILES string of the molecule is CCc1cccc(C)c1N(C(=O)Cn1cnc2cc(C)c(C)cc21)[C@H](C)COC. The average Bonchev–Trinajstić information content (AvgIpc) is 3.05. The molecule has 0 aliphatic rings. The van der Waals surface area contributed by atoms with Crippen molar-refractivity contribution in [2.45, 2.75) is 53.6 Å². The van der Waals surface area contributed by atoms with E-state index in [4.69, 9.17) is 4.74 Å². The van der Waals surface area contributed by atoms with Crippen LogP contribution in [-0.4, -0.2) is 35.2 Å². The number of carbonyl (C=O) groups excluding carboxylic acids is 1. The summed E-state index contributed by atoms with van der Waals surface area (Å²) in [6.07, 6.45) is 2.63. The van der Waals surface area contributed by atoms with Crippen LogP contribution in [0.4, 0.5) is 5.69 Å². The van der Waals surface area contributed by atoms with Crippen LogP contribution in [0.25, 0.3) is 11.0 Å². The third-order valence-electron chi connectivity index (χ3n) is 5.60. The van der Waals surface area contributed by atoms with Gasteiger partial charge in [0.2, 0.25) is 5.91 Å². The Bertz CT molecular complexity index is 1020. The molecule has 5 heteroatoms. The van der Waals surface area contributed by atoms with Crippen LogP contribution in [0.3, 0.4) is 0 Å². The number of rotatable bonds is 7. The van der Waals surface area contributed by atoms with E-state index in [9.17, 15) is 4.79 Å². The molecule has 3 aromatic rings. The second kappa shape index (κ2) is 8.78. The van der Waals surface area contributed by atoms with Crippen molar-refractivity contribution in [2.75, 3.05) is 18.6 Å². The van der Waals surface area contributed by atoms with Crippen LogP contribution < -0.4 is 4.90 Å². The normalized spacial score (nSPS) is 12.3. The van der Waals surface area contributed by atoms with Crippen molar-refractivity contribution in [3.8, 4) is 0 Å². The van der Waals surface area contributed by atoms with E-state index >= 15 is 0 Å². The van der Waals surface area contributed by atoms with Crippen molar-refractivity contribution in [3.63, 3.8) is 0 Å². The molecule has 0 saturated heterocycles. The van der Waals surface area contributed by atoms with Crippen molar-refractivity contribution in [2.24, 2.45) is 0 Å². The maximum Gasteiger partial charge on any atom is 0.247 e. The summed E-state index contributed by atoms with van der Waals surface area (Å²) < 4.78 is 7.34. The van der Waals surface area contributed by atoms with E-state index in [2.05, 4.69) is 63.0 Å². The fourth-order valence-corrected chi connectivity index (χ4v) is 3.92. The summed E-state index contributed by atoms with van der Waals surface area (Å²) in [4.78, 5) is 20.0. The summed E-state index contributed by atoms with van der Waals surface area (Å²) in [5.41, 5.74) is 7.58. The number of carbonyl (C=O) groups is 1. The monoisotopic (exact) mass is 393 g/mol. The summed E-state index contributed by atoms with van der Waals surface area (Å²) in [6, 6.07) is 10.3. The van der Waals surface area contributed by atoms with Crippen LogP contribution in [0.5, 0.6) is 0 Å². The van der Waals surface area contributed by atoms with Gasteiger partial charge in [0.1, 0.15) is 6.54 Å². The molecule has 154 valence electrons. The summed E-state index contributed by atoms with van der Waals surface area (Å²) in [6.45, 7) is 11.1. The van der Waals surface area contributed by atoms with Gasteiger partial charge in [0.25, 0.3) is 0 Å². The van der Waals surface area contributed by atoms with Crippen molar-refractivity contribution in [1.82, 2.24) is 9.55 Å². The fourth-order valence-electron chi connectivity index (χ4n) is 3.92. The zero-order chi connectivity index (χ0) is 21.1. The van der Waals surface area contributed by atoms with Gasteiger partial charge in [0.05, 0.1) is 35.7 Å². The molecule has 1 amide bonds. The minimum Gasteiger partial charge on any atom is -0.383 e. The molecule has 29 heavy (non-hydrogen) atoms. The van der Waals surface area contributed by atoms with Crippen LogP contribution >= 0.6 is 0 Å². The first-order valence-corrected chi connectivity index (χ1v) is 10.2. The van der Waals surface area contributed by atoms with E-state index < -0.39 is 0 Å².